The van der Waals surface area contributed by atoms with E-state index in [0.29, 0.717) is 38.8 Å². The third kappa shape index (κ3) is 6.46. The van der Waals surface area contributed by atoms with Gasteiger partial charge in [-0.2, -0.15) is 17.5 Å². The van der Waals surface area contributed by atoms with Crippen LogP contribution in [0.5, 0.6) is 0 Å². The maximum atomic E-state index is 13.7. The predicted octanol–water partition coefficient (Wildman–Crippen LogP) is 3.49. The first-order chi connectivity index (χ1) is 19.4. The second-order valence-electron chi connectivity index (χ2n) is 10.9. The fraction of sp³-hybridized carbons (Fsp3) is 0.536. The maximum Gasteiger partial charge on any atom is 0.418 e. The highest BCUT2D eigenvalue weighted by atomic mass is 32.2. The molecule has 0 unspecified atom stereocenters. The van der Waals surface area contributed by atoms with E-state index in [1.165, 1.54) is 15.3 Å². The van der Waals surface area contributed by atoms with E-state index in [4.69, 9.17) is 0 Å². The topological polar surface area (TPSA) is 67.4 Å². The summed E-state index contributed by atoms with van der Waals surface area (Å²) >= 11 is 0. The van der Waals surface area contributed by atoms with Crippen LogP contribution in [0.3, 0.4) is 0 Å². The molecule has 0 N–H and O–H groups in total. The molecule has 2 aromatic carbocycles. The lowest BCUT2D eigenvalue weighted by atomic mass is 10.1. The minimum atomic E-state index is -4.74. The molecule has 0 bridgehead atoms. The molecule has 41 heavy (non-hydrogen) atoms. The number of anilines is 2. The highest BCUT2D eigenvalue weighted by molar-refractivity contribution is 7.89. The maximum absolute atomic E-state index is 13.7. The molecule has 8 nitrogen and oxygen atoms in total. The third-order valence-corrected chi connectivity index (χ3v) is 10.2. The molecule has 0 spiro atoms. The molecule has 3 fully saturated rings. The predicted molar refractivity (Wildman–Crippen MR) is 148 cm³/mol. The summed E-state index contributed by atoms with van der Waals surface area (Å²) in [5.41, 5.74) is -0.468. The summed E-state index contributed by atoms with van der Waals surface area (Å²) in [7, 11) is -3.92. The van der Waals surface area contributed by atoms with Crippen molar-refractivity contribution in [2.75, 3.05) is 75.2 Å². The van der Waals surface area contributed by atoms with Crippen molar-refractivity contribution in [3.05, 3.63) is 53.8 Å². The SMILES string of the molecule is C[C@@H]1CN(c2ccc(F)cc2C(F)(F)F)CCN1S(=O)(=O)c1cccc(N2CCN(CC(=O)N3CCCC3)CC2)c1. The van der Waals surface area contributed by atoms with Crippen LogP contribution in [-0.4, -0.2) is 99.9 Å². The summed E-state index contributed by atoms with van der Waals surface area (Å²) in [6.07, 6.45) is -2.62. The lowest BCUT2D eigenvalue weighted by Gasteiger charge is -2.41. The van der Waals surface area contributed by atoms with Gasteiger partial charge in [-0.25, -0.2) is 12.8 Å². The number of likely N-dealkylation sites (tertiary alicyclic amines) is 1. The Bertz CT molecular complexity index is 1360. The molecule has 2 aromatic rings. The van der Waals surface area contributed by atoms with Gasteiger partial charge in [0, 0.05) is 76.3 Å². The molecule has 0 aliphatic carbocycles. The Kier molecular flexibility index (Phi) is 8.49. The number of halogens is 4. The zero-order valence-electron chi connectivity index (χ0n) is 23.0. The first-order valence-corrected chi connectivity index (χ1v) is 15.4. The van der Waals surface area contributed by atoms with Crippen molar-refractivity contribution >= 4 is 27.3 Å². The molecule has 0 saturated carbocycles. The number of nitrogens with zero attached hydrogens (tertiary/aromatic N) is 5. The number of hydrogen-bond acceptors (Lipinski definition) is 6. The van der Waals surface area contributed by atoms with Gasteiger partial charge < -0.3 is 14.7 Å². The van der Waals surface area contributed by atoms with Crippen LogP contribution in [0.1, 0.15) is 25.3 Å². The number of benzene rings is 2. The Morgan fingerprint density at radius 1 is 0.902 bits per heavy atom. The van der Waals surface area contributed by atoms with Gasteiger partial charge in [0.2, 0.25) is 15.9 Å². The number of alkyl halides is 3. The lowest BCUT2D eigenvalue weighted by molar-refractivity contribution is -0.137. The largest absolute Gasteiger partial charge is 0.418 e. The van der Waals surface area contributed by atoms with Crippen molar-refractivity contribution in [1.82, 2.24) is 14.1 Å². The van der Waals surface area contributed by atoms with E-state index >= 15 is 0 Å². The molecule has 3 heterocycles. The van der Waals surface area contributed by atoms with Crippen LogP contribution >= 0.6 is 0 Å². The van der Waals surface area contributed by atoms with E-state index in [-0.39, 0.29) is 36.1 Å². The molecule has 0 aromatic heterocycles. The summed E-state index contributed by atoms with van der Waals surface area (Å²) in [5.74, 6) is -0.820. The summed E-state index contributed by atoms with van der Waals surface area (Å²) < 4.78 is 83.0. The molecule has 0 radical (unpaired) electrons. The van der Waals surface area contributed by atoms with Gasteiger partial charge in [-0.1, -0.05) is 6.07 Å². The quantitative estimate of drug-likeness (QED) is 0.476. The van der Waals surface area contributed by atoms with Crippen LogP contribution in [0.4, 0.5) is 28.9 Å². The smallest absolute Gasteiger partial charge is 0.369 e. The zero-order chi connectivity index (χ0) is 29.4. The van der Waals surface area contributed by atoms with Gasteiger partial charge in [0.05, 0.1) is 17.0 Å². The first kappa shape index (κ1) is 29.6. The Hall–Kier alpha value is -2.90. The van der Waals surface area contributed by atoms with Crippen molar-refractivity contribution in [2.24, 2.45) is 0 Å². The van der Waals surface area contributed by atoms with E-state index in [1.54, 1.807) is 19.1 Å². The van der Waals surface area contributed by atoms with Crippen molar-refractivity contribution in [3.63, 3.8) is 0 Å². The molecule has 13 heteroatoms. The Balaban J connectivity index is 1.23. The van der Waals surface area contributed by atoms with E-state index in [0.717, 1.165) is 43.8 Å². The van der Waals surface area contributed by atoms with Crippen LogP contribution in [0.25, 0.3) is 0 Å². The minimum absolute atomic E-state index is 0.00782. The number of rotatable bonds is 6. The standard InChI is InChI=1S/C28H35F4N5O3S/c1-21-19-36(26-8-7-22(29)17-25(26)28(30,31)32)15-16-37(21)41(39,40)24-6-4-5-23(18-24)34-13-11-33(12-14-34)20-27(38)35-9-2-3-10-35/h4-8,17-18,21H,2-3,9-16,19-20H2,1H3/t21-/m1/s1. The number of carbonyl (C=O) groups is 1. The molecule has 1 atom stereocenters. The van der Waals surface area contributed by atoms with Crippen molar-refractivity contribution in [1.29, 1.82) is 0 Å². The third-order valence-electron chi connectivity index (χ3n) is 8.15. The van der Waals surface area contributed by atoms with Crippen molar-refractivity contribution in [2.45, 2.75) is 36.9 Å². The number of carbonyl (C=O) groups excluding carboxylic acids is 1. The Morgan fingerprint density at radius 2 is 1.59 bits per heavy atom. The number of amides is 1. The van der Waals surface area contributed by atoms with E-state index in [1.807, 2.05) is 11.0 Å². The van der Waals surface area contributed by atoms with Crippen LogP contribution in [0, 0.1) is 5.82 Å². The monoisotopic (exact) mass is 597 g/mol. The normalized spacial score (nSPS) is 21.5. The van der Waals surface area contributed by atoms with Gasteiger partial charge in [-0.3, -0.25) is 9.69 Å². The number of sulfonamides is 1. The minimum Gasteiger partial charge on any atom is -0.369 e. The molecule has 3 saturated heterocycles. The van der Waals surface area contributed by atoms with Gasteiger partial charge in [0.1, 0.15) is 5.82 Å². The molecule has 5 rings (SSSR count). The second kappa shape index (κ2) is 11.8. The van der Waals surface area contributed by atoms with Crippen LogP contribution < -0.4 is 9.80 Å². The van der Waals surface area contributed by atoms with Crippen LogP contribution in [0.2, 0.25) is 0 Å². The van der Waals surface area contributed by atoms with Gasteiger partial charge >= 0.3 is 6.18 Å². The van der Waals surface area contributed by atoms with E-state index in [2.05, 4.69) is 9.80 Å². The van der Waals surface area contributed by atoms with Crippen LogP contribution in [0.15, 0.2) is 47.4 Å². The van der Waals surface area contributed by atoms with E-state index < -0.39 is 33.6 Å². The fourth-order valence-corrected chi connectivity index (χ4v) is 7.58. The average Bonchev–Trinajstić information content (AvgIpc) is 3.48. The molecule has 224 valence electrons. The fourth-order valence-electron chi connectivity index (χ4n) is 5.93. The Morgan fingerprint density at radius 3 is 2.24 bits per heavy atom. The average molecular weight is 598 g/mol. The molecule has 1 amide bonds. The van der Waals surface area contributed by atoms with E-state index in [9.17, 15) is 30.8 Å². The highest BCUT2D eigenvalue weighted by Crippen LogP contribution is 2.38. The molecular formula is C28H35F4N5O3S. The molecule has 3 aliphatic rings. The molecule has 3 aliphatic heterocycles. The number of piperazine rings is 2. The summed E-state index contributed by atoms with van der Waals surface area (Å²) in [5, 5.41) is 0. The van der Waals surface area contributed by atoms with Crippen molar-refractivity contribution < 1.29 is 30.8 Å². The Labute approximate surface area is 238 Å². The highest BCUT2D eigenvalue weighted by Gasteiger charge is 2.39. The van der Waals surface area contributed by atoms with Gasteiger partial charge in [0.25, 0.3) is 0 Å². The molecular weight excluding hydrogens is 562 g/mol. The summed E-state index contributed by atoms with van der Waals surface area (Å²) in [6.45, 7) is 6.48. The summed E-state index contributed by atoms with van der Waals surface area (Å²) in [6, 6.07) is 8.67. The van der Waals surface area contributed by atoms with Crippen molar-refractivity contribution in [3.8, 4) is 0 Å². The zero-order valence-corrected chi connectivity index (χ0v) is 23.8. The van der Waals surface area contributed by atoms with Gasteiger partial charge in [-0.15, -0.1) is 0 Å². The number of hydrogen-bond donors (Lipinski definition) is 0. The van der Waals surface area contributed by atoms with Gasteiger partial charge in [0.15, 0.2) is 0 Å². The first-order valence-electron chi connectivity index (χ1n) is 13.9. The summed E-state index contributed by atoms with van der Waals surface area (Å²) in [4.78, 5) is 20.2. The lowest BCUT2D eigenvalue weighted by Crippen LogP contribution is -2.54. The van der Waals surface area contributed by atoms with Gasteiger partial charge in [-0.05, 0) is 56.2 Å². The van der Waals surface area contributed by atoms with Crippen LogP contribution in [-0.2, 0) is 21.0 Å². The second-order valence-corrected chi connectivity index (χ2v) is 12.8.